The van der Waals surface area contributed by atoms with E-state index in [1.807, 2.05) is 13.8 Å². The number of rotatable bonds is 5. The number of aromatic nitrogens is 3. The second-order valence-corrected chi connectivity index (χ2v) is 4.03. The van der Waals surface area contributed by atoms with Gasteiger partial charge in [0.05, 0.1) is 7.11 Å². The zero-order chi connectivity index (χ0) is 13.7. The smallest absolute Gasteiger partial charge is 0.377 e. The fourth-order valence-corrected chi connectivity index (χ4v) is 1.23. The largest absolute Gasteiger partial charge is 0.463 e. The van der Waals surface area contributed by atoms with Crippen LogP contribution >= 0.6 is 0 Å². The Bertz CT molecular complexity index is 430. The molecule has 0 radical (unpaired) electrons. The molecule has 0 aliphatic rings. The van der Waals surface area contributed by atoms with Gasteiger partial charge in [0.25, 0.3) is 5.82 Å². The number of esters is 1. The number of nitrogens with zero attached hydrogens (tertiary/aromatic N) is 3. The lowest BCUT2D eigenvalue weighted by Gasteiger charge is -2.15. The van der Waals surface area contributed by atoms with Crippen molar-refractivity contribution in [1.29, 1.82) is 0 Å². The minimum atomic E-state index is -0.622. The van der Waals surface area contributed by atoms with Gasteiger partial charge >= 0.3 is 5.97 Å². The maximum Gasteiger partial charge on any atom is 0.377 e. The van der Waals surface area contributed by atoms with E-state index in [-0.39, 0.29) is 17.8 Å². The van der Waals surface area contributed by atoms with E-state index < -0.39 is 12.0 Å². The molecule has 1 heterocycles. The molecule has 1 rings (SSSR count). The first kappa shape index (κ1) is 14.1. The third kappa shape index (κ3) is 3.28. The predicted molar refractivity (Wildman–Crippen MR) is 64.0 cm³/mol. The first-order valence-corrected chi connectivity index (χ1v) is 5.79. The van der Waals surface area contributed by atoms with E-state index in [0.29, 0.717) is 0 Å². The minimum Gasteiger partial charge on any atom is -0.463 e. The van der Waals surface area contributed by atoms with Gasteiger partial charge in [0.1, 0.15) is 12.4 Å². The molecule has 2 unspecified atom stereocenters. The molecule has 1 aromatic heterocycles. The van der Waals surface area contributed by atoms with Crippen molar-refractivity contribution < 1.29 is 14.3 Å². The van der Waals surface area contributed by atoms with E-state index in [2.05, 4.69) is 20.1 Å². The first-order chi connectivity index (χ1) is 8.49. The Morgan fingerprint density at radius 1 is 1.50 bits per heavy atom. The number of hydrogen-bond acceptors (Lipinski definition) is 5. The van der Waals surface area contributed by atoms with Gasteiger partial charge in [-0.1, -0.05) is 6.92 Å². The second kappa shape index (κ2) is 6.13. The highest BCUT2D eigenvalue weighted by Crippen LogP contribution is 2.05. The van der Waals surface area contributed by atoms with Crippen LogP contribution in [0.4, 0.5) is 0 Å². The molecule has 0 bridgehead atoms. The maximum absolute atomic E-state index is 11.8. The summed E-state index contributed by atoms with van der Waals surface area (Å²) in [7, 11) is 1.25. The number of carbonyl (C=O) groups is 2. The molecule has 1 N–H and O–H groups in total. The summed E-state index contributed by atoms with van der Waals surface area (Å²) in [6, 6.07) is -0.423. The summed E-state index contributed by atoms with van der Waals surface area (Å²) in [6.07, 6.45) is 2.19. The highest BCUT2D eigenvalue weighted by molar-refractivity contribution is 5.85. The summed E-state index contributed by atoms with van der Waals surface area (Å²) in [4.78, 5) is 26.8. The summed E-state index contributed by atoms with van der Waals surface area (Å²) in [5.41, 5.74) is 0. The van der Waals surface area contributed by atoms with Crippen LogP contribution in [-0.4, -0.2) is 39.8 Å². The number of nitrogens with one attached hydrogen (secondary N) is 1. The Balaban J connectivity index is 2.72. The first-order valence-electron chi connectivity index (χ1n) is 5.79. The van der Waals surface area contributed by atoms with Crippen molar-refractivity contribution in [1.82, 2.24) is 20.1 Å². The molecule has 0 aliphatic heterocycles. The van der Waals surface area contributed by atoms with Gasteiger partial charge in [0, 0.05) is 6.04 Å². The number of hydrogen-bond donors (Lipinski definition) is 1. The van der Waals surface area contributed by atoms with Crippen LogP contribution in [-0.2, 0) is 9.53 Å². The highest BCUT2D eigenvalue weighted by Gasteiger charge is 2.20. The average molecular weight is 254 g/mol. The third-order valence-electron chi connectivity index (χ3n) is 2.65. The topological polar surface area (TPSA) is 86.1 Å². The Hall–Kier alpha value is -1.92. The summed E-state index contributed by atoms with van der Waals surface area (Å²) < 4.78 is 5.83. The SMILES string of the molecule is CCC(C)NC(=O)C(C)n1cnc(C(=O)OC)n1. The van der Waals surface area contributed by atoms with Crippen molar-refractivity contribution in [3.8, 4) is 0 Å². The van der Waals surface area contributed by atoms with E-state index >= 15 is 0 Å². The molecule has 0 spiro atoms. The summed E-state index contributed by atoms with van der Waals surface area (Å²) in [5.74, 6) is -0.838. The third-order valence-corrected chi connectivity index (χ3v) is 2.65. The number of carbonyl (C=O) groups excluding carboxylic acids is 2. The molecule has 0 fully saturated rings. The van der Waals surface area contributed by atoms with Crippen LogP contribution in [0.1, 0.15) is 43.9 Å². The van der Waals surface area contributed by atoms with Crippen LogP contribution in [0.25, 0.3) is 0 Å². The lowest BCUT2D eigenvalue weighted by molar-refractivity contribution is -0.124. The van der Waals surface area contributed by atoms with Crippen LogP contribution in [0.15, 0.2) is 6.33 Å². The zero-order valence-electron chi connectivity index (χ0n) is 11.0. The monoisotopic (exact) mass is 254 g/mol. The molecule has 100 valence electrons. The summed E-state index contributed by atoms with van der Waals surface area (Å²) in [6.45, 7) is 5.60. The predicted octanol–water partition coefficient (Wildman–Crippen LogP) is 0.540. The fourth-order valence-electron chi connectivity index (χ4n) is 1.23. The molecule has 2 atom stereocenters. The van der Waals surface area contributed by atoms with Gasteiger partial charge in [0.15, 0.2) is 0 Å². The van der Waals surface area contributed by atoms with Gasteiger partial charge in [-0.2, -0.15) is 0 Å². The fraction of sp³-hybridized carbons (Fsp3) is 0.636. The Morgan fingerprint density at radius 2 is 2.17 bits per heavy atom. The number of amides is 1. The molecule has 7 heteroatoms. The van der Waals surface area contributed by atoms with Crippen LogP contribution in [0, 0.1) is 0 Å². The normalized spacial score (nSPS) is 13.8. The molecular formula is C11H18N4O3. The minimum absolute atomic E-state index is 0.0549. The van der Waals surface area contributed by atoms with Crippen LogP contribution in [0.5, 0.6) is 0 Å². The number of methoxy groups -OCH3 is 1. The van der Waals surface area contributed by atoms with E-state index in [1.54, 1.807) is 6.92 Å². The molecule has 0 aromatic carbocycles. The second-order valence-electron chi connectivity index (χ2n) is 4.03. The van der Waals surface area contributed by atoms with Gasteiger partial charge in [-0.05, 0) is 20.3 Å². The molecule has 18 heavy (non-hydrogen) atoms. The van der Waals surface area contributed by atoms with Gasteiger partial charge in [-0.3, -0.25) is 4.79 Å². The van der Waals surface area contributed by atoms with Crippen molar-refractivity contribution in [2.75, 3.05) is 7.11 Å². The molecule has 7 nitrogen and oxygen atoms in total. The molecule has 0 saturated heterocycles. The van der Waals surface area contributed by atoms with Crippen molar-refractivity contribution in [3.05, 3.63) is 12.2 Å². The molecule has 1 amide bonds. The van der Waals surface area contributed by atoms with Crippen LogP contribution in [0.3, 0.4) is 0 Å². The molecular weight excluding hydrogens is 236 g/mol. The molecule has 0 aliphatic carbocycles. The quantitative estimate of drug-likeness (QED) is 0.775. The van der Waals surface area contributed by atoms with E-state index in [1.165, 1.54) is 18.1 Å². The molecule has 0 saturated carbocycles. The van der Waals surface area contributed by atoms with E-state index in [0.717, 1.165) is 6.42 Å². The van der Waals surface area contributed by atoms with Crippen molar-refractivity contribution in [2.24, 2.45) is 0 Å². The Morgan fingerprint density at radius 3 is 2.72 bits per heavy atom. The summed E-state index contributed by atoms with van der Waals surface area (Å²) in [5, 5.41) is 6.74. The summed E-state index contributed by atoms with van der Waals surface area (Å²) >= 11 is 0. The Kier molecular flexibility index (Phi) is 4.82. The van der Waals surface area contributed by atoms with Crippen LogP contribution < -0.4 is 5.32 Å². The highest BCUT2D eigenvalue weighted by atomic mass is 16.5. The van der Waals surface area contributed by atoms with Crippen molar-refractivity contribution in [3.63, 3.8) is 0 Å². The Labute approximate surface area is 106 Å². The van der Waals surface area contributed by atoms with Gasteiger partial charge in [-0.15, -0.1) is 5.10 Å². The van der Waals surface area contributed by atoms with E-state index in [9.17, 15) is 9.59 Å². The van der Waals surface area contributed by atoms with E-state index in [4.69, 9.17) is 0 Å². The van der Waals surface area contributed by atoms with Crippen LogP contribution in [0.2, 0.25) is 0 Å². The standard InChI is InChI=1S/C11H18N4O3/c1-5-7(2)13-10(16)8(3)15-6-12-9(14-15)11(17)18-4/h6-8H,5H2,1-4H3,(H,13,16). The number of ether oxygens (including phenoxy) is 1. The lowest BCUT2D eigenvalue weighted by Crippen LogP contribution is -2.37. The van der Waals surface area contributed by atoms with Gasteiger partial charge in [-0.25, -0.2) is 14.5 Å². The van der Waals surface area contributed by atoms with Gasteiger partial charge in [0.2, 0.25) is 5.91 Å². The van der Waals surface area contributed by atoms with Gasteiger partial charge < -0.3 is 10.1 Å². The maximum atomic E-state index is 11.8. The average Bonchev–Trinajstić information content (AvgIpc) is 2.86. The molecule has 1 aromatic rings. The van der Waals surface area contributed by atoms with Crippen molar-refractivity contribution in [2.45, 2.75) is 39.3 Å². The lowest BCUT2D eigenvalue weighted by atomic mass is 10.2. The van der Waals surface area contributed by atoms with Crippen molar-refractivity contribution >= 4 is 11.9 Å². The zero-order valence-corrected chi connectivity index (χ0v) is 11.0.